The molecule has 2 heteroatoms. The van der Waals surface area contributed by atoms with Gasteiger partial charge in [0.25, 0.3) is 0 Å². The average molecular weight is 210 g/mol. The van der Waals surface area contributed by atoms with E-state index in [1.807, 2.05) is 0 Å². The van der Waals surface area contributed by atoms with Crippen LogP contribution >= 0.6 is 0 Å². The SMILES string of the molecule is C#C[C@@H](CCCCC)O[C@H]1CCCCO1. The highest BCUT2D eigenvalue weighted by Gasteiger charge is 2.17. The molecule has 1 heterocycles. The van der Waals surface area contributed by atoms with Crippen molar-refractivity contribution >= 4 is 0 Å². The van der Waals surface area contributed by atoms with Crippen molar-refractivity contribution in [3.8, 4) is 12.3 Å². The molecule has 0 aromatic carbocycles. The van der Waals surface area contributed by atoms with Gasteiger partial charge >= 0.3 is 0 Å². The highest BCUT2D eigenvalue weighted by molar-refractivity contribution is 4.94. The number of ether oxygens (including phenoxy) is 2. The van der Waals surface area contributed by atoms with Crippen molar-refractivity contribution in [2.75, 3.05) is 6.61 Å². The topological polar surface area (TPSA) is 18.5 Å². The molecule has 1 fully saturated rings. The molecule has 0 N–H and O–H groups in total. The number of unbranched alkanes of at least 4 members (excludes halogenated alkanes) is 2. The summed E-state index contributed by atoms with van der Waals surface area (Å²) in [6.07, 6.45) is 13.2. The first-order chi connectivity index (χ1) is 7.36. The second-order valence-electron chi connectivity index (χ2n) is 4.08. The Balaban J connectivity index is 2.17. The van der Waals surface area contributed by atoms with E-state index in [0.717, 1.165) is 32.3 Å². The molecule has 0 aromatic rings. The van der Waals surface area contributed by atoms with Crippen molar-refractivity contribution in [1.82, 2.24) is 0 Å². The van der Waals surface area contributed by atoms with Crippen LogP contribution in [0.3, 0.4) is 0 Å². The summed E-state index contributed by atoms with van der Waals surface area (Å²) in [4.78, 5) is 0. The molecule has 0 spiro atoms. The van der Waals surface area contributed by atoms with Gasteiger partial charge in [0.2, 0.25) is 0 Å². The Morgan fingerprint density at radius 3 is 2.93 bits per heavy atom. The fourth-order valence-corrected chi connectivity index (χ4v) is 1.77. The van der Waals surface area contributed by atoms with Crippen LogP contribution < -0.4 is 0 Å². The third-order valence-corrected chi connectivity index (χ3v) is 2.71. The van der Waals surface area contributed by atoms with Gasteiger partial charge in [-0.05, 0) is 32.1 Å². The van der Waals surface area contributed by atoms with Crippen LogP contribution in [0, 0.1) is 12.3 Å². The minimum atomic E-state index is -0.0559. The summed E-state index contributed by atoms with van der Waals surface area (Å²) in [6.45, 7) is 3.01. The summed E-state index contributed by atoms with van der Waals surface area (Å²) < 4.78 is 11.2. The van der Waals surface area contributed by atoms with E-state index in [-0.39, 0.29) is 12.4 Å². The van der Waals surface area contributed by atoms with Crippen molar-refractivity contribution < 1.29 is 9.47 Å². The molecule has 86 valence electrons. The molecule has 0 aromatic heterocycles. The predicted octanol–water partition coefficient (Wildman–Crippen LogP) is 3.11. The predicted molar refractivity (Wildman–Crippen MR) is 61.4 cm³/mol. The van der Waals surface area contributed by atoms with E-state index < -0.39 is 0 Å². The number of rotatable bonds is 6. The molecule has 1 aliphatic rings. The zero-order valence-electron chi connectivity index (χ0n) is 9.71. The standard InChI is InChI=1S/C13H22O2/c1-3-5-6-9-12(4-2)15-13-10-7-8-11-14-13/h2,12-13H,3,5-11H2,1H3/t12-,13-/m0/s1. The fraction of sp³-hybridized carbons (Fsp3) is 0.846. The van der Waals surface area contributed by atoms with Crippen molar-refractivity contribution in [2.24, 2.45) is 0 Å². The molecule has 0 radical (unpaired) electrons. The zero-order valence-corrected chi connectivity index (χ0v) is 9.71. The van der Waals surface area contributed by atoms with Crippen LogP contribution in [0.4, 0.5) is 0 Å². The van der Waals surface area contributed by atoms with Gasteiger partial charge in [0.05, 0.1) is 0 Å². The van der Waals surface area contributed by atoms with Crippen LogP contribution in [0.1, 0.15) is 51.9 Å². The van der Waals surface area contributed by atoms with E-state index in [4.69, 9.17) is 15.9 Å². The van der Waals surface area contributed by atoms with Crippen LogP contribution in [0.15, 0.2) is 0 Å². The summed E-state index contributed by atoms with van der Waals surface area (Å²) in [5.41, 5.74) is 0. The van der Waals surface area contributed by atoms with Gasteiger partial charge in [0.1, 0.15) is 6.10 Å². The van der Waals surface area contributed by atoms with Crippen molar-refractivity contribution in [1.29, 1.82) is 0 Å². The summed E-state index contributed by atoms with van der Waals surface area (Å²) >= 11 is 0. The fourth-order valence-electron chi connectivity index (χ4n) is 1.77. The Kier molecular flexibility index (Phi) is 6.47. The molecule has 2 atom stereocenters. The maximum Gasteiger partial charge on any atom is 0.159 e. The molecule has 1 saturated heterocycles. The third-order valence-electron chi connectivity index (χ3n) is 2.71. The van der Waals surface area contributed by atoms with Gasteiger partial charge in [-0.3, -0.25) is 0 Å². The average Bonchev–Trinajstić information content (AvgIpc) is 2.29. The molecule has 0 amide bonds. The summed E-state index contributed by atoms with van der Waals surface area (Å²) in [6, 6.07) is 0. The lowest BCUT2D eigenvalue weighted by Gasteiger charge is -2.25. The van der Waals surface area contributed by atoms with Gasteiger partial charge in [-0.25, -0.2) is 0 Å². The quantitative estimate of drug-likeness (QED) is 0.495. The molecule has 15 heavy (non-hydrogen) atoms. The summed E-state index contributed by atoms with van der Waals surface area (Å²) in [5, 5.41) is 0. The lowest BCUT2D eigenvalue weighted by atomic mass is 10.1. The van der Waals surface area contributed by atoms with Crippen LogP contribution in [0.25, 0.3) is 0 Å². The van der Waals surface area contributed by atoms with E-state index in [1.54, 1.807) is 0 Å². The first kappa shape index (κ1) is 12.5. The van der Waals surface area contributed by atoms with Gasteiger partial charge in [0.15, 0.2) is 6.29 Å². The number of terminal acetylenes is 1. The Morgan fingerprint density at radius 1 is 1.47 bits per heavy atom. The van der Waals surface area contributed by atoms with Gasteiger partial charge in [-0.2, -0.15) is 0 Å². The first-order valence-electron chi connectivity index (χ1n) is 6.10. The Morgan fingerprint density at radius 2 is 2.33 bits per heavy atom. The lowest BCUT2D eigenvalue weighted by molar-refractivity contribution is -0.177. The van der Waals surface area contributed by atoms with Crippen molar-refractivity contribution in [3.05, 3.63) is 0 Å². The second-order valence-corrected chi connectivity index (χ2v) is 4.08. The maximum atomic E-state index is 5.73. The van der Waals surface area contributed by atoms with Crippen LogP contribution in [0.2, 0.25) is 0 Å². The lowest BCUT2D eigenvalue weighted by Crippen LogP contribution is -2.27. The van der Waals surface area contributed by atoms with Gasteiger partial charge in [0, 0.05) is 6.61 Å². The molecule has 0 unspecified atom stereocenters. The van der Waals surface area contributed by atoms with E-state index in [2.05, 4.69) is 12.8 Å². The largest absolute Gasteiger partial charge is 0.353 e. The van der Waals surface area contributed by atoms with Crippen LogP contribution in [-0.4, -0.2) is 19.0 Å². The molecule has 1 rings (SSSR count). The van der Waals surface area contributed by atoms with Crippen LogP contribution in [0.5, 0.6) is 0 Å². The Labute approximate surface area is 93.3 Å². The van der Waals surface area contributed by atoms with Gasteiger partial charge < -0.3 is 9.47 Å². The minimum Gasteiger partial charge on any atom is -0.353 e. The molecule has 0 bridgehead atoms. The van der Waals surface area contributed by atoms with Crippen molar-refractivity contribution in [3.63, 3.8) is 0 Å². The Hall–Kier alpha value is -0.520. The van der Waals surface area contributed by atoms with E-state index in [9.17, 15) is 0 Å². The minimum absolute atomic E-state index is 0.0542. The van der Waals surface area contributed by atoms with Gasteiger partial charge in [-0.1, -0.05) is 25.7 Å². The zero-order chi connectivity index (χ0) is 10.9. The molecule has 0 saturated carbocycles. The monoisotopic (exact) mass is 210 g/mol. The van der Waals surface area contributed by atoms with E-state index >= 15 is 0 Å². The highest BCUT2D eigenvalue weighted by Crippen LogP contribution is 2.17. The molecular formula is C13H22O2. The van der Waals surface area contributed by atoms with Crippen molar-refractivity contribution in [2.45, 2.75) is 64.3 Å². The molecule has 2 nitrogen and oxygen atoms in total. The molecule has 0 aliphatic carbocycles. The third kappa shape index (κ3) is 5.20. The highest BCUT2D eigenvalue weighted by atomic mass is 16.7. The first-order valence-corrected chi connectivity index (χ1v) is 6.10. The van der Waals surface area contributed by atoms with Gasteiger partial charge in [-0.15, -0.1) is 6.42 Å². The summed E-state index contributed by atoms with van der Waals surface area (Å²) in [5.74, 6) is 2.71. The molecular weight excluding hydrogens is 188 g/mol. The smallest absolute Gasteiger partial charge is 0.159 e. The van der Waals surface area contributed by atoms with E-state index in [1.165, 1.54) is 19.3 Å². The Bertz CT molecular complexity index is 189. The van der Waals surface area contributed by atoms with E-state index in [0.29, 0.717) is 0 Å². The molecule has 1 aliphatic heterocycles. The number of hydrogen-bond acceptors (Lipinski definition) is 2. The second kappa shape index (κ2) is 7.73. The number of hydrogen-bond donors (Lipinski definition) is 0. The van der Waals surface area contributed by atoms with Crippen LogP contribution in [-0.2, 0) is 9.47 Å². The maximum absolute atomic E-state index is 5.73. The summed E-state index contributed by atoms with van der Waals surface area (Å²) in [7, 11) is 0. The normalized spacial score (nSPS) is 23.3.